The first-order chi connectivity index (χ1) is 25.4. The number of ether oxygens (including phenoxy) is 2. The molecule has 6 aromatic rings. The minimum absolute atomic E-state index is 0.0814. The number of phenolic OH excluding ortho intramolecular Hbond substituents is 9. The van der Waals surface area contributed by atoms with Gasteiger partial charge in [0.1, 0.15) is 52.5 Å². The number of phenols is 9. The number of hydrogen-bond donors (Lipinski definition) is 9. The van der Waals surface area contributed by atoms with E-state index in [0.29, 0.717) is 50.4 Å². The lowest BCUT2D eigenvalue weighted by atomic mass is 9.77. The van der Waals surface area contributed by atoms with Crippen molar-refractivity contribution < 1.29 is 55.4 Å². The van der Waals surface area contributed by atoms with Crippen molar-refractivity contribution in [2.45, 2.75) is 24.0 Å². The van der Waals surface area contributed by atoms with Crippen molar-refractivity contribution in [3.8, 4) is 63.2 Å². The molecule has 0 saturated carbocycles. The first-order valence-electron chi connectivity index (χ1n) is 16.5. The highest BCUT2D eigenvalue weighted by Crippen LogP contribution is 2.60. The molecule has 0 aromatic heterocycles. The fourth-order valence-corrected chi connectivity index (χ4v) is 7.41. The van der Waals surface area contributed by atoms with E-state index in [1.807, 2.05) is 12.2 Å². The first kappa shape index (κ1) is 33.0. The van der Waals surface area contributed by atoms with E-state index in [-0.39, 0.29) is 51.7 Å². The Bertz CT molecular complexity index is 2260. The molecule has 2 aliphatic heterocycles. The van der Waals surface area contributed by atoms with Crippen LogP contribution in [0.25, 0.3) is 12.2 Å². The van der Waals surface area contributed by atoms with Gasteiger partial charge in [-0.1, -0.05) is 36.4 Å². The summed E-state index contributed by atoms with van der Waals surface area (Å²) >= 11 is 0. The van der Waals surface area contributed by atoms with E-state index in [0.717, 1.165) is 5.56 Å². The number of aromatic hydroxyl groups is 9. The molecule has 53 heavy (non-hydrogen) atoms. The molecule has 0 spiro atoms. The Hall–Kier alpha value is -7.14. The van der Waals surface area contributed by atoms with Crippen LogP contribution in [-0.4, -0.2) is 46.0 Å². The molecule has 0 aliphatic carbocycles. The van der Waals surface area contributed by atoms with E-state index < -0.39 is 24.0 Å². The normalized spacial score (nSPS) is 18.7. The van der Waals surface area contributed by atoms with Gasteiger partial charge in [0.25, 0.3) is 0 Å². The van der Waals surface area contributed by atoms with Crippen LogP contribution >= 0.6 is 0 Å². The number of rotatable bonds is 6. The Morgan fingerprint density at radius 3 is 1.23 bits per heavy atom. The molecular formula is C42H32O11. The molecule has 0 amide bonds. The highest BCUT2D eigenvalue weighted by molar-refractivity contribution is 5.80. The molecule has 0 saturated heterocycles. The van der Waals surface area contributed by atoms with Gasteiger partial charge in [0.15, 0.2) is 23.0 Å². The molecule has 4 atom stereocenters. The van der Waals surface area contributed by atoms with Gasteiger partial charge >= 0.3 is 0 Å². The van der Waals surface area contributed by atoms with Crippen LogP contribution in [-0.2, 0) is 0 Å². The summed E-state index contributed by atoms with van der Waals surface area (Å²) in [5, 5.41) is 93.9. The van der Waals surface area contributed by atoms with Crippen LogP contribution in [0.15, 0.2) is 103 Å². The molecule has 8 rings (SSSR count). The largest absolute Gasteiger partial charge is 0.508 e. The molecule has 11 nitrogen and oxygen atoms in total. The van der Waals surface area contributed by atoms with E-state index in [2.05, 4.69) is 0 Å². The lowest BCUT2D eigenvalue weighted by Crippen LogP contribution is -2.14. The number of benzene rings is 6. The maximum Gasteiger partial charge on any atom is 0.157 e. The molecule has 0 radical (unpaired) electrons. The summed E-state index contributed by atoms with van der Waals surface area (Å²) in [7, 11) is 0. The summed E-state index contributed by atoms with van der Waals surface area (Å²) in [6.45, 7) is 0. The average molecular weight is 713 g/mol. The van der Waals surface area contributed by atoms with Crippen LogP contribution < -0.4 is 9.47 Å². The maximum absolute atomic E-state index is 10.7. The number of fused-ring (bicyclic) bond motifs is 2. The maximum atomic E-state index is 10.7. The average Bonchev–Trinajstić information content (AvgIpc) is 3.68. The van der Waals surface area contributed by atoms with Crippen LogP contribution in [0.1, 0.15) is 68.6 Å². The van der Waals surface area contributed by atoms with Crippen molar-refractivity contribution in [1.82, 2.24) is 0 Å². The molecule has 11 heteroatoms. The van der Waals surface area contributed by atoms with Crippen molar-refractivity contribution in [3.05, 3.63) is 148 Å². The summed E-state index contributed by atoms with van der Waals surface area (Å²) < 4.78 is 13.3. The minimum atomic E-state index is -0.853. The lowest BCUT2D eigenvalue weighted by Gasteiger charge is -2.24. The second-order valence-corrected chi connectivity index (χ2v) is 13.1. The Labute approximate surface area is 302 Å². The fourth-order valence-electron chi connectivity index (χ4n) is 7.41. The molecular weight excluding hydrogens is 680 g/mol. The van der Waals surface area contributed by atoms with E-state index in [4.69, 9.17) is 9.47 Å². The standard InChI is InChI=1S/C42H32O11/c43-25-6-1-20(2-7-25)3-8-30-39-35(52-41(21-4-9-31(48)33(50)15-21)37(39)23-11-26(44)17-27(45)12-23)19-36-40(30)38(24-13-28(46)18-29(47)14-24)42(53-36)22-5-10-32(49)34(51)16-22/h1-19,37-38,41-51H/t37-,38-,41+,42+/m0/s1. The van der Waals surface area contributed by atoms with E-state index in [1.165, 1.54) is 60.7 Å². The zero-order chi connectivity index (χ0) is 37.1. The van der Waals surface area contributed by atoms with E-state index in [1.54, 1.807) is 42.5 Å². The van der Waals surface area contributed by atoms with Gasteiger partial charge < -0.3 is 55.4 Å². The quantitative estimate of drug-likeness (QED) is 0.0604. The summed E-state index contributed by atoms with van der Waals surface area (Å²) in [6.07, 6.45) is 1.96. The van der Waals surface area contributed by atoms with Crippen molar-refractivity contribution in [2.24, 2.45) is 0 Å². The summed E-state index contributed by atoms with van der Waals surface area (Å²) in [4.78, 5) is 0. The predicted molar refractivity (Wildman–Crippen MR) is 193 cm³/mol. The smallest absolute Gasteiger partial charge is 0.157 e. The molecule has 0 unspecified atom stereocenters. The predicted octanol–water partition coefficient (Wildman–Crippen LogP) is 7.74. The van der Waals surface area contributed by atoms with Gasteiger partial charge in [-0.3, -0.25) is 0 Å². The molecule has 2 heterocycles. The topological polar surface area (TPSA) is 201 Å². The molecule has 0 fully saturated rings. The van der Waals surface area contributed by atoms with Crippen LogP contribution in [0, 0.1) is 0 Å². The highest BCUT2D eigenvalue weighted by atomic mass is 16.5. The Balaban J connectivity index is 1.42. The van der Waals surface area contributed by atoms with Gasteiger partial charge in [-0.15, -0.1) is 0 Å². The molecule has 9 N–H and O–H groups in total. The third-order valence-corrected chi connectivity index (χ3v) is 9.67. The van der Waals surface area contributed by atoms with Gasteiger partial charge in [-0.25, -0.2) is 0 Å². The summed E-state index contributed by atoms with van der Waals surface area (Å²) in [6, 6.07) is 25.3. The Morgan fingerprint density at radius 1 is 0.377 bits per heavy atom. The van der Waals surface area contributed by atoms with Crippen molar-refractivity contribution in [1.29, 1.82) is 0 Å². The molecule has 2 aliphatic rings. The highest BCUT2D eigenvalue weighted by Gasteiger charge is 2.46. The summed E-state index contributed by atoms with van der Waals surface area (Å²) in [5.41, 5.74) is 4.40. The van der Waals surface area contributed by atoms with Gasteiger partial charge in [-0.2, -0.15) is 0 Å². The fraction of sp³-hybridized carbons (Fsp3) is 0.0952. The van der Waals surface area contributed by atoms with Crippen molar-refractivity contribution in [2.75, 3.05) is 0 Å². The second-order valence-electron chi connectivity index (χ2n) is 13.1. The minimum Gasteiger partial charge on any atom is -0.508 e. The van der Waals surface area contributed by atoms with Gasteiger partial charge in [0.2, 0.25) is 0 Å². The lowest BCUT2D eigenvalue weighted by molar-refractivity contribution is 0.212. The number of hydrogen-bond acceptors (Lipinski definition) is 11. The van der Waals surface area contributed by atoms with Crippen LogP contribution in [0.2, 0.25) is 0 Å². The monoisotopic (exact) mass is 712 g/mol. The summed E-state index contributed by atoms with van der Waals surface area (Å²) in [5.74, 6) is -2.89. The Morgan fingerprint density at radius 2 is 0.811 bits per heavy atom. The van der Waals surface area contributed by atoms with E-state index >= 15 is 0 Å². The van der Waals surface area contributed by atoms with Crippen LogP contribution in [0.4, 0.5) is 0 Å². The third-order valence-electron chi connectivity index (χ3n) is 9.67. The Kier molecular flexibility index (Phi) is 7.83. The SMILES string of the molecule is Oc1ccc(C=Cc2c3c(cc4c2[C@H](c2cc(O)cc(O)c2)[C@@H](c2ccc(O)c(O)c2)O4)O[C@H](c2ccc(O)c(O)c2)[C@H]3c2cc(O)cc(O)c2)cc1. The third kappa shape index (κ3) is 5.93. The second kappa shape index (κ2) is 12.6. The van der Waals surface area contributed by atoms with Crippen LogP contribution in [0.3, 0.4) is 0 Å². The molecule has 6 aromatic carbocycles. The van der Waals surface area contributed by atoms with Gasteiger partial charge in [-0.05, 0) is 94.0 Å². The van der Waals surface area contributed by atoms with E-state index in [9.17, 15) is 46.0 Å². The van der Waals surface area contributed by atoms with Crippen molar-refractivity contribution in [3.63, 3.8) is 0 Å². The molecule has 0 bridgehead atoms. The first-order valence-corrected chi connectivity index (χ1v) is 16.5. The molecule has 266 valence electrons. The zero-order valence-electron chi connectivity index (χ0n) is 27.6. The van der Waals surface area contributed by atoms with Gasteiger partial charge in [0.05, 0.1) is 11.8 Å². The van der Waals surface area contributed by atoms with Crippen molar-refractivity contribution >= 4 is 12.2 Å². The zero-order valence-corrected chi connectivity index (χ0v) is 27.6. The van der Waals surface area contributed by atoms with Crippen LogP contribution in [0.5, 0.6) is 63.2 Å². The van der Waals surface area contributed by atoms with Gasteiger partial charge in [0, 0.05) is 29.3 Å².